The van der Waals surface area contributed by atoms with E-state index in [2.05, 4.69) is 20.6 Å². The maximum atomic E-state index is 13.5. The van der Waals surface area contributed by atoms with Crippen molar-refractivity contribution in [2.75, 3.05) is 19.8 Å². The predicted octanol–water partition coefficient (Wildman–Crippen LogP) is 2.64. The van der Waals surface area contributed by atoms with E-state index in [9.17, 15) is 13.6 Å². The molecule has 10 heteroatoms. The van der Waals surface area contributed by atoms with Crippen molar-refractivity contribution in [3.8, 4) is 23.0 Å². The number of amides is 1. The molecule has 0 aliphatic heterocycles. The minimum Gasteiger partial charge on any atom is -0.484 e. The Hall–Kier alpha value is -4.08. The molecule has 0 aliphatic rings. The molecule has 1 amide bonds. The minimum absolute atomic E-state index is 0.165. The zero-order valence-corrected chi connectivity index (χ0v) is 16.2. The van der Waals surface area contributed by atoms with Crippen LogP contribution in [0.15, 0.2) is 60.7 Å². The van der Waals surface area contributed by atoms with E-state index in [-0.39, 0.29) is 37.3 Å². The molecule has 0 spiro atoms. The number of ether oxygens (including phenoxy) is 2. The fraction of sp³-hybridized carbons (Fsp3) is 0.143. The van der Waals surface area contributed by atoms with Crippen molar-refractivity contribution >= 4 is 11.6 Å². The highest BCUT2D eigenvalue weighted by Gasteiger charge is 2.11. The summed E-state index contributed by atoms with van der Waals surface area (Å²) in [5.74, 6) is -0.0408. The van der Waals surface area contributed by atoms with Crippen molar-refractivity contribution in [1.82, 2.24) is 25.1 Å². The smallest absolute Gasteiger partial charge is 0.258 e. The molecule has 0 unspecified atom stereocenters. The SMILES string of the molecule is O=C(COc1ccc(F)cc1)NCCOc1ccc2nnc(-c3cccc(F)c3)n2n1. The number of carbonyl (C=O) groups is 1. The molecular weight excluding hydrogens is 408 g/mol. The Bertz CT molecular complexity index is 1200. The summed E-state index contributed by atoms with van der Waals surface area (Å²) in [5.41, 5.74) is 1.02. The van der Waals surface area contributed by atoms with Gasteiger partial charge in [-0.1, -0.05) is 12.1 Å². The molecule has 0 saturated carbocycles. The number of fused-ring (bicyclic) bond motifs is 1. The van der Waals surface area contributed by atoms with Gasteiger partial charge in [-0.2, -0.15) is 4.52 Å². The highest BCUT2D eigenvalue weighted by Crippen LogP contribution is 2.19. The number of halogens is 2. The summed E-state index contributed by atoms with van der Waals surface area (Å²) in [4.78, 5) is 11.8. The first kappa shape index (κ1) is 20.2. The number of hydrogen-bond acceptors (Lipinski definition) is 6. The summed E-state index contributed by atoms with van der Waals surface area (Å²) in [6.07, 6.45) is 0. The Labute approximate surface area is 175 Å². The summed E-state index contributed by atoms with van der Waals surface area (Å²) in [7, 11) is 0. The number of benzene rings is 2. The monoisotopic (exact) mass is 425 g/mol. The minimum atomic E-state index is -0.388. The van der Waals surface area contributed by atoms with Crippen LogP contribution in [-0.4, -0.2) is 45.5 Å². The summed E-state index contributed by atoms with van der Waals surface area (Å²) >= 11 is 0. The Morgan fingerprint density at radius 1 is 0.968 bits per heavy atom. The number of rotatable bonds is 8. The van der Waals surface area contributed by atoms with Crippen molar-refractivity contribution in [3.05, 3.63) is 72.3 Å². The van der Waals surface area contributed by atoms with Crippen molar-refractivity contribution in [2.45, 2.75) is 0 Å². The van der Waals surface area contributed by atoms with E-state index in [0.29, 0.717) is 28.7 Å². The summed E-state index contributed by atoms with van der Waals surface area (Å²) < 4.78 is 38.6. The lowest BCUT2D eigenvalue weighted by Gasteiger charge is -2.09. The summed E-state index contributed by atoms with van der Waals surface area (Å²) in [5, 5.41) is 15.0. The number of aromatic nitrogens is 4. The molecule has 4 rings (SSSR count). The van der Waals surface area contributed by atoms with Crippen LogP contribution in [-0.2, 0) is 4.79 Å². The van der Waals surface area contributed by atoms with Crippen LogP contribution in [0.5, 0.6) is 11.6 Å². The van der Waals surface area contributed by atoms with Gasteiger partial charge in [-0.05, 0) is 42.5 Å². The molecule has 0 atom stereocenters. The summed E-state index contributed by atoms with van der Waals surface area (Å²) in [6.45, 7) is 0.190. The van der Waals surface area contributed by atoms with Gasteiger partial charge in [-0.15, -0.1) is 15.3 Å². The number of nitrogens with one attached hydrogen (secondary N) is 1. The van der Waals surface area contributed by atoms with E-state index in [1.165, 1.54) is 40.9 Å². The molecule has 0 saturated heterocycles. The van der Waals surface area contributed by atoms with Gasteiger partial charge in [0.2, 0.25) is 5.88 Å². The van der Waals surface area contributed by atoms with E-state index >= 15 is 0 Å². The molecule has 0 aliphatic carbocycles. The van der Waals surface area contributed by atoms with Crippen molar-refractivity contribution in [1.29, 1.82) is 0 Å². The van der Waals surface area contributed by atoms with E-state index in [1.54, 1.807) is 24.3 Å². The Kier molecular flexibility index (Phi) is 5.97. The third-order valence-electron chi connectivity index (χ3n) is 4.18. The second-order valence-electron chi connectivity index (χ2n) is 6.42. The second kappa shape index (κ2) is 9.16. The largest absolute Gasteiger partial charge is 0.484 e. The van der Waals surface area contributed by atoms with Gasteiger partial charge < -0.3 is 14.8 Å². The lowest BCUT2D eigenvalue weighted by Crippen LogP contribution is -2.32. The van der Waals surface area contributed by atoms with E-state index in [4.69, 9.17) is 9.47 Å². The average molecular weight is 425 g/mol. The van der Waals surface area contributed by atoms with Gasteiger partial charge >= 0.3 is 0 Å². The third kappa shape index (κ3) is 5.10. The van der Waals surface area contributed by atoms with Gasteiger partial charge in [0, 0.05) is 11.6 Å². The number of nitrogens with zero attached hydrogens (tertiary/aromatic N) is 4. The van der Waals surface area contributed by atoms with Gasteiger partial charge in [-0.3, -0.25) is 4.79 Å². The van der Waals surface area contributed by atoms with Crippen LogP contribution in [0.4, 0.5) is 8.78 Å². The zero-order valence-electron chi connectivity index (χ0n) is 16.2. The molecule has 2 heterocycles. The first-order valence-electron chi connectivity index (χ1n) is 9.35. The average Bonchev–Trinajstić information content (AvgIpc) is 3.20. The Morgan fingerprint density at radius 3 is 2.61 bits per heavy atom. The predicted molar refractivity (Wildman–Crippen MR) is 107 cm³/mol. The first-order valence-corrected chi connectivity index (χ1v) is 9.35. The molecule has 2 aromatic carbocycles. The van der Waals surface area contributed by atoms with Crippen molar-refractivity contribution in [3.63, 3.8) is 0 Å². The Morgan fingerprint density at radius 2 is 1.81 bits per heavy atom. The molecule has 1 N–H and O–H groups in total. The van der Waals surface area contributed by atoms with E-state index in [0.717, 1.165) is 0 Å². The molecule has 4 aromatic rings. The van der Waals surface area contributed by atoms with Crippen molar-refractivity contribution < 1.29 is 23.0 Å². The van der Waals surface area contributed by atoms with E-state index < -0.39 is 0 Å². The molecule has 0 radical (unpaired) electrons. The highest BCUT2D eigenvalue weighted by molar-refractivity contribution is 5.77. The standard InChI is InChI=1S/C21H17F2N5O3/c22-15-4-6-17(7-5-15)31-13-19(29)24-10-11-30-20-9-8-18-25-26-21(28(18)27-20)14-2-1-3-16(23)12-14/h1-9,12H,10-11,13H2,(H,24,29). The quantitative estimate of drug-likeness (QED) is 0.437. The van der Waals surface area contributed by atoms with Gasteiger partial charge in [-0.25, -0.2) is 8.78 Å². The fourth-order valence-electron chi connectivity index (χ4n) is 2.73. The van der Waals surface area contributed by atoms with Gasteiger partial charge in [0.1, 0.15) is 24.0 Å². The summed E-state index contributed by atoms with van der Waals surface area (Å²) in [6, 6.07) is 14.6. The van der Waals surface area contributed by atoms with Crippen molar-refractivity contribution in [2.24, 2.45) is 0 Å². The Balaban J connectivity index is 1.29. The first-order chi connectivity index (χ1) is 15.1. The number of hydrogen-bond donors (Lipinski definition) is 1. The van der Waals surface area contributed by atoms with Crippen LogP contribution in [0.1, 0.15) is 0 Å². The molecule has 31 heavy (non-hydrogen) atoms. The van der Waals surface area contributed by atoms with E-state index in [1.807, 2.05) is 0 Å². The normalized spacial score (nSPS) is 10.8. The second-order valence-corrected chi connectivity index (χ2v) is 6.42. The highest BCUT2D eigenvalue weighted by atomic mass is 19.1. The maximum absolute atomic E-state index is 13.5. The van der Waals surface area contributed by atoms with Crippen LogP contribution in [0.3, 0.4) is 0 Å². The lowest BCUT2D eigenvalue weighted by molar-refractivity contribution is -0.123. The van der Waals surface area contributed by atoms with Crippen LogP contribution < -0.4 is 14.8 Å². The van der Waals surface area contributed by atoms with Crippen LogP contribution in [0.2, 0.25) is 0 Å². The van der Waals surface area contributed by atoms with Gasteiger partial charge in [0.15, 0.2) is 18.1 Å². The lowest BCUT2D eigenvalue weighted by atomic mass is 10.2. The number of carbonyl (C=O) groups excluding carboxylic acids is 1. The van der Waals surface area contributed by atoms with Crippen LogP contribution in [0, 0.1) is 11.6 Å². The molecule has 0 bridgehead atoms. The fourth-order valence-corrected chi connectivity index (χ4v) is 2.73. The van der Waals surface area contributed by atoms with Crippen LogP contribution >= 0.6 is 0 Å². The maximum Gasteiger partial charge on any atom is 0.258 e. The topological polar surface area (TPSA) is 90.6 Å². The molecule has 0 fully saturated rings. The molecular formula is C21H17F2N5O3. The molecule has 8 nitrogen and oxygen atoms in total. The zero-order chi connectivity index (χ0) is 21.6. The molecule has 2 aromatic heterocycles. The molecule has 158 valence electrons. The van der Waals surface area contributed by atoms with Gasteiger partial charge in [0.25, 0.3) is 5.91 Å². The van der Waals surface area contributed by atoms with Gasteiger partial charge in [0.05, 0.1) is 6.54 Å². The van der Waals surface area contributed by atoms with Crippen LogP contribution in [0.25, 0.3) is 17.0 Å². The third-order valence-corrected chi connectivity index (χ3v) is 4.18.